The van der Waals surface area contributed by atoms with Crippen LogP contribution < -0.4 is 0 Å². The number of allylic oxidation sites excluding steroid dienone is 4. The second kappa shape index (κ2) is 5.19. The smallest absolute Gasteiger partial charge is 0.0178 e. The average molecular weight is 202 g/mol. The van der Waals surface area contributed by atoms with Crippen molar-refractivity contribution in [1.82, 2.24) is 0 Å². The highest BCUT2D eigenvalue weighted by Crippen LogP contribution is 2.42. The van der Waals surface area contributed by atoms with Gasteiger partial charge in [0, 0.05) is 5.57 Å². The largest absolute Gasteiger partial charge is 0.121 e. The van der Waals surface area contributed by atoms with Crippen LogP contribution in [-0.4, -0.2) is 0 Å². The minimum absolute atomic E-state index is 0.442. The summed E-state index contributed by atoms with van der Waals surface area (Å²) in [7, 11) is 0. The quantitative estimate of drug-likeness (QED) is 0.454. The van der Waals surface area contributed by atoms with E-state index in [1.165, 1.54) is 32.1 Å². The van der Waals surface area contributed by atoms with Crippen LogP contribution in [0.25, 0.3) is 0 Å². The first kappa shape index (κ1) is 12.1. The summed E-state index contributed by atoms with van der Waals surface area (Å²) in [5, 5.41) is 0. The van der Waals surface area contributed by atoms with Crippen molar-refractivity contribution in [3.63, 3.8) is 0 Å². The van der Waals surface area contributed by atoms with E-state index in [1.54, 1.807) is 0 Å². The molecule has 0 aromatic heterocycles. The summed E-state index contributed by atoms with van der Waals surface area (Å²) in [6.07, 6.45) is 11.2. The van der Waals surface area contributed by atoms with Gasteiger partial charge in [-0.1, -0.05) is 45.1 Å². The molecule has 0 nitrogen and oxygen atoms in total. The Bertz CT molecular complexity index is 305. The van der Waals surface area contributed by atoms with E-state index in [0.29, 0.717) is 5.41 Å². The molecule has 0 atom stereocenters. The SMILES string of the molecule is C=C=C(/C=C\C1(CC)CCCC1)C(=C)C. The van der Waals surface area contributed by atoms with Gasteiger partial charge in [-0.05, 0) is 37.2 Å². The summed E-state index contributed by atoms with van der Waals surface area (Å²) in [4.78, 5) is 0. The first-order valence-electron chi connectivity index (χ1n) is 5.89. The Morgan fingerprint density at radius 2 is 2.00 bits per heavy atom. The standard InChI is InChI=1S/C15H22/c1-5-14(13(3)4)9-12-15(6-2)10-7-8-11-15/h9,12H,1,3,6-8,10-11H2,2,4H3/b12-9-. The van der Waals surface area contributed by atoms with Crippen molar-refractivity contribution in [3.8, 4) is 0 Å². The molecule has 0 N–H and O–H groups in total. The van der Waals surface area contributed by atoms with E-state index in [2.05, 4.69) is 38.0 Å². The maximum absolute atomic E-state index is 3.93. The Morgan fingerprint density at radius 1 is 1.40 bits per heavy atom. The second-order valence-electron chi connectivity index (χ2n) is 4.63. The summed E-state index contributed by atoms with van der Waals surface area (Å²) >= 11 is 0. The lowest BCUT2D eigenvalue weighted by Gasteiger charge is -2.22. The summed E-state index contributed by atoms with van der Waals surface area (Å²) in [5.41, 5.74) is 5.49. The highest BCUT2D eigenvalue weighted by molar-refractivity contribution is 5.36. The molecule has 0 saturated heterocycles. The van der Waals surface area contributed by atoms with Crippen LogP contribution in [0.3, 0.4) is 0 Å². The molecule has 1 aliphatic carbocycles. The molecular formula is C15H22. The molecule has 1 fully saturated rings. The van der Waals surface area contributed by atoms with Gasteiger partial charge in [0.2, 0.25) is 0 Å². The van der Waals surface area contributed by atoms with Gasteiger partial charge in [-0.15, -0.1) is 5.73 Å². The summed E-state index contributed by atoms with van der Waals surface area (Å²) < 4.78 is 0. The minimum atomic E-state index is 0.442. The van der Waals surface area contributed by atoms with Gasteiger partial charge in [0.25, 0.3) is 0 Å². The van der Waals surface area contributed by atoms with Gasteiger partial charge in [0.15, 0.2) is 0 Å². The Hall–Kier alpha value is -1.00. The monoisotopic (exact) mass is 202 g/mol. The Morgan fingerprint density at radius 3 is 2.40 bits per heavy atom. The molecule has 0 radical (unpaired) electrons. The van der Waals surface area contributed by atoms with Crippen molar-refractivity contribution in [2.24, 2.45) is 5.41 Å². The van der Waals surface area contributed by atoms with Crippen LogP contribution in [0.4, 0.5) is 0 Å². The highest BCUT2D eigenvalue weighted by atomic mass is 14.3. The van der Waals surface area contributed by atoms with Crippen LogP contribution in [0.2, 0.25) is 0 Å². The molecule has 0 heteroatoms. The Labute approximate surface area is 94.1 Å². The van der Waals surface area contributed by atoms with E-state index in [9.17, 15) is 0 Å². The molecule has 82 valence electrons. The Kier molecular flexibility index (Phi) is 4.17. The third-order valence-electron chi connectivity index (χ3n) is 3.56. The molecule has 0 heterocycles. The molecule has 0 bridgehead atoms. The fraction of sp³-hybridized carbons (Fsp3) is 0.533. The zero-order valence-corrected chi connectivity index (χ0v) is 10.1. The van der Waals surface area contributed by atoms with Gasteiger partial charge in [-0.2, -0.15) is 0 Å². The third-order valence-corrected chi connectivity index (χ3v) is 3.56. The predicted octanol–water partition coefficient (Wildman–Crippen LogP) is 4.80. The lowest BCUT2D eigenvalue weighted by molar-refractivity contribution is 0.381. The van der Waals surface area contributed by atoms with Gasteiger partial charge >= 0.3 is 0 Å². The molecule has 15 heavy (non-hydrogen) atoms. The van der Waals surface area contributed by atoms with Crippen LogP contribution in [0.1, 0.15) is 46.0 Å². The van der Waals surface area contributed by atoms with Crippen molar-refractivity contribution in [1.29, 1.82) is 0 Å². The van der Waals surface area contributed by atoms with Crippen LogP contribution in [0.5, 0.6) is 0 Å². The zero-order valence-electron chi connectivity index (χ0n) is 10.1. The van der Waals surface area contributed by atoms with Crippen molar-refractivity contribution in [2.75, 3.05) is 0 Å². The van der Waals surface area contributed by atoms with Crippen molar-refractivity contribution < 1.29 is 0 Å². The molecule has 0 aliphatic heterocycles. The van der Waals surface area contributed by atoms with E-state index in [1.807, 2.05) is 6.92 Å². The summed E-state index contributed by atoms with van der Waals surface area (Å²) in [5.74, 6) is 0. The maximum Gasteiger partial charge on any atom is 0.0178 e. The van der Waals surface area contributed by atoms with Gasteiger partial charge in [0.1, 0.15) is 0 Å². The van der Waals surface area contributed by atoms with E-state index >= 15 is 0 Å². The minimum Gasteiger partial charge on any atom is -0.121 e. The average Bonchev–Trinajstić information content (AvgIpc) is 2.68. The van der Waals surface area contributed by atoms with Gasteiger partial charge < -0.3 is 0 Å². The van der Waals surface area contributed by atoms with Gasteiger partial charge in [0.05, 0.1) is 0 Å². The molecule has 0 unspecified atom stereocenters. The molecule has 1 saturated carbocycles. The summed E-state index contributed by atoms with van der Waals surface area (Å²) in [6.45, 7) is 11.9. The van der Waals surface area contributed by atoms with Crippen LogP contribution >= 0.6 is 0 Å². The van der Waals surface area contributed by atoms with E-state index < -0.39 is 0 Å². The van der Waals surface area contributed by atoms with E-state index in [-0.39, 0.29) is 0 Å². The maximum atomic E-state index is 3.93. The fourth-order valence-corrected chi connectivity index (χ4v) is 2.33. The van der Waals surface area contributed by atoms with E-state index in [0.717, 1.165) is 11.1 Å². The second-order valence-corrected chi connectivity index (χ2v) is 4.63. The highest BCUT2D eigenvalue weighted by Gasteiger charge is 2.28. The van der Waals surface area contributed by atoms with Crippen molar-refractivity contribution in [2.45, 2.75) is 46.0 Å². The first-order chi connectivity index (χ1) is 7.13. The van der Waals surface area contributed by atoms with Crippen LogP contribution in [-0.2, 0) is 0 Å². The molecule has 0 amide bonds. The lowest BCUT2D eigenvalue weighted by atomic mass is 9.82. The molecule has 0 aromatic rings. The lowest BCUT2D eigenvalue weighted by Crippen LogP contribution is -2.10. The fourth-order valence-electron chi connectivity index (χ4n) is 2.33. The van der Waals surface area contributed by atoms with Crippen molar-refractivity contribution >= 4 is 0 Å². The molecule has 1 aliphatic rings. The predicted molar refractivity (Wildman–Crippen MR) is 67.8 cm³/mol. The first-order valence-corrected chi connectivity index (χ1v) is 5.89. The topological polar surface area (TPSA) is 0 Å². The third kappa shape index (κ3) is 2.97. The number of rotatable bonds is 4. The van der Waals surface area contributed by atoms with Crippen LogP contribution in [0, 0.1) is 5.41 Å². The number of hydrogen-bond donors (Lipinski definition) is 0. The van der Waals surface area contributed by atoms with Crippen molar-refractivity contribution in [3.05, 3.63) is 42.2 Å². The Balaban J connectivity index is 2.78. The molecule has 1 rings (SSSR count). The van der Waals surface area contributed by atoms with Crippen LogP contribution in [0.15, 0.2) is 42.2 Å². The zero-order chi connectivity index (χ0) is 11.3. The molecular weight excluding hydrogens is 180 g/mol. The molecule has 0 spiro atoms. The molecule has 0 aromatic carbocycles. The van der Waals surface area contributed by atoms with Gasteiger partial charge in [-0.25, -0.2) is 0 Å². The number of hydrogen-bond acceptors (Lipinski definition) is 0. The summed E-state index contributed by atoms with van der Waals surface area (Å²) in [6, 6.07) is 0. The van der Waals surface area contributed by atoms with E-state index in [4.69, 9.17) is 0 Å². The van der Waals surface area contributed by atoms with Gasteiger partial charge in [-0.3, -0.25) is 0 Å². The normalized spacial score (nSPS) is 19.1.